The van der Waals surface area contributed by atoms with Crippen LogP contribution in [0.2, 0.25) is 0 Å². The van der Waals surface area contributed by atoms with Crippen LogP contribution in [0.25, 0.3) is 0 Å². The fourth-order valence-electron chi connectivity index (χ4n) is 2.43. The van der Waals surface area contributed by atoms with Crippen LogP contribution in [0.3, 0.4) is 0 Å². The minimum absolute atomic E-state index is 0.277. The van der Waals surface area contributed by atoms with E-state index in [1.165, 1.54) is 24.3 Å². The first-order chi connectivity index (χ1) is 13.5. The van der Waals surface area contributed by atoms with Crippen molar-refractivity contribution >= 4 is 5.69 Å². The van der Waals surface area contributed by atoms with Crippen LogP contribution in [-0.4, -0.2) is 6.36 Å². The van der Waals surface area contributed by atoms with Crippen molar-refractivity contribution in [2.24, 2.45) is 0 Å². The van der Waals surface area contributed by atoms with Crippen molar-refractivity contribution in [1.29, 1.82) is 0 Å². The highest BCUT2D eigenvalue weighted by Crippen LogP contribution is 2.25. The van der Waals surface area contributed by atoms with Crippen molar-refractivity contribution in [2.75, 3.05) is 5.43 Å². The number of para-hydroxylation sites is 1. The van der Waals surface area contributed by atoms with Gasteiger partial charge in [0.05, 0.1) is 0 Å². The van der Waals surface area contributed by atoms with Gasteiger partial charge in [0.2, 0.25) is 0 Å². The molecule has 0 bridgehead atoms. The zero-order valence-corrected chi connectivity index (χ0v) is 14.9. The summed E-state index contributed by atoms with van der Waals surface area (Å²) in [5.74, 6) is 0.188. The fourth-order valence-corrected chi connectivity index (χ4v) is 2.43. The van der Waals surface area contributed by atoms with E-state index in [0.29, 0.717) is 18.9 Å². The lowest BCUT2D eigenvalue weighted by molar-refractivity contribution is -0.274. The molecule has 0 aliphatic carbocycles. The van der Waals surface area contributed by atoms with Crippen molar-refractivity contribution < 1.29 is 22.6 Å². The van der Waals surface area contributed by atoms with Gasteiger partial charge in [-0.1, -0.05) is 42.5 Å². The Morgan fingerprint density at radius 3 is 1.96 bits per heavy atom. The second kappa shape index (κ2) is 9.14. The summed E-state index contributed by atoms with van der Waals surface area (Å²) in [7, 11) is 0. The van der Waals surface area contributed by atoms with Gasteiger partial charge in [0.25, 0.3) is 0 Å². The van der Waals surface area contributed by atoms with Crippen LogP contribution < -0.4 is 20.3 Å². The molecule has 7 heteroatoms. The first kappa shape index (κ1) is 19.6. The normalized spacial score (nSPS) is 11.1. The van der Waals surface area contributed by atoms with Gasteiger partial charge < -0.3 is 14.9 Å². The summed E-state index contributed by atoms with van der Waals surface area (Å²) >= 11 is 0. The molecule has 3 aromatic carbocycles. The average Bonchev–Trinajstić information content (AvgIpc) is 2.68. The molecular formula is C21H19F3N2O2. The Bertz CT molecular complexity index is 852. The molecule has 2 N–H and O–H groups in total. The Hall–Kier alpha value is -3.19. The van der Waals surface area contributed by atoms with Gasteiger partial charge in [0, 0.05) is 12.2 Å². The number of halogens is 3. The van der Waals surface area contributed by atoms with Crippen LogP contribution >= 0.6 is 0 Å². The highest BCUT2D eigenvalue weighted by molar-refractivity contribution is 5.41. The standard InChI is InChI=1S/C21H19F3N2O2/c22-21(23,24)28-20-12-10-19(11-13-20)27-15-17-8-6-16(7-9-17)14-25-26-18-4-2-1-3-5-18/h1-13,25-26H,14-15H2. The number of hydrazine groups is 1. The second-order valence-electron chi connectivity index (χ2n) is 5.97. The van der Waals surface area contributed by atoms with Gasteiger partial charge in [-0.2, -0.15) is 0 Å². The van der Waals surface area contributed by atoms with Crippen molar-refractivity contribution in [2.45, 2.75) is 19.5 Å². The summed E-state index contributed by atoms with van der Waals surface area (Å²) in [6.07, 6.45) is -4.70. The van der Waals surface area contributed by atoms with Gasteiger partial charge in [0.1, 0.15) is 18.1 Å². The molecule has 0 radical (unpaired) electrons. The summed E-state index contributed by atoms with van der Waals surface area (Å²) in [4.78, 5) is 0. The van der Waals surface area contributed by atoms with Crippen LogP contribution in [0.4, 0.5) is 18.9 Å². The van der Waals surface area contributed by atoms with E-state index in [1.54, 1.807) is 0 Å². The molecule has 0 saturated carbocycles. The zero-order valence-electron chi connectivity index (χ0n) is 14.9. The quantitative estimate of drug-likeness (QED) is 0.515. The number of anilines is 1. The maximum Gasteiger partial charge on any atom is 0.573 e. The second-order valence-corrected chi connectivity index (χ2v) is 5.97. The van der Waals surface area contributed by atoms with Gasteiger partial charge in [-0.25, -0.2) is 5.43 Å². The van der Waals surface area contributed by atoms with E-state index in [9.17, 15) is 13.2 Å². The molecule has 0 aromatic heterocycles. The van der Waals surface area contributed by atoms with Crippen LogP contribution in [-0.2, 0) is 13.2 Å². The molecule has 0 saturated heterocycles. The Morgan fingerprint density at radius 2 is 1.32 bits per heavy atom. The van der Waals surface area contributed by atoms with E-state index in [1.807, 2.05) is 54.6 Å². The molecule has 0 aliphatic rings. The van der Waals surface area contributed by atoms with Crippen LogP contribution in [0.5, 0.6) is 11.5 Å². The molecule has 0 amide bonds. The predicted octanol–water partition coefficient (Wildman–Crippen LogP) is 5.28. The molecule has 0 atom stereocenters. The molecule has 0 spiro atoms. The average molecular weight is 388 g/mol. The van der Waals surface area contributed by atoms with E-state index >= 15 is 0 Å². The third kappa shape index (κ3) is 6.51. The molecule has 4 nitrogen and oxygen atoms in total. The monoisotopic (exact) mass is 388 g/mol. The molecule has 146 valence electrons. The van der Waals surface area contributed by atoms with Crippen molar-refractivity contribution in [3.63, 3.8) is 0 Å². The minimum Gasteiger partial charge on any atom is -0.489 e. The molecule has 0 aliphatic heterocycles. The molecule has 3 rings (SSSR count). The van der Waals surface area contributed by atoms with E-state index in [-0.39, 0.29) is 5.75 Å². The van der Waals surface area contributed by atoms with Crippen molar-refractivity contribution in [3.05, 3.63) is 90.0 Å². The number of benzene rings is 3. The maximum atomic E-state index is 12.1. The Kier molecular flexibility index (Phi) is 6.39. The Labute approximate surface area is 160 Å². The third-order valence-electron chi connectivity index (χ3n) is 3.78. The van der Waals surface area contributed by atoms with Gasteiger partial charge in [-0.3, -0.25) is 0 Å². The van der Waals surface area contributed by atoms with Gasteiger partial charge in [0.15, 0.2) is 0 Å². The fraction of sp³-hybridized carbons (Fsp3) is 0.143. The number of hydrogen-bond donors (Lipinski definition) is 2. The van der Waals surface area contributed by atoms with Crippen LogP contribution in [0, 0.1) is 0 Å². The van der Waals surface area contributed by atoms with E-state index in [4.69, 9.17) is 4.74 Å². The highest BCUT2D eigenvalue weighted by Gasteiger charge is 2.30. The number of hydrogen-bond acceptors (Lipinski definition) is 4. The molecule has 3 aromatic rings. The highest BCUT2D eigenvalue weighted by atomic mass is 19.4. The van der Waals surface area contributed by atoms with E-state index in [0.717, 1.165) is 16.8 Å². The summed E-state index contributed by atoms with van der Waals surface area (Å²) in [6.45, 7) is 0.964. The number of nitrogens with one attached hydrogen (secondary N) is 2. The predicted molar refractivity (Wildman–Crippen MR) is 101 cm³/mol. The first-order valence-electron chi connectivity index (χ1n) is 8.58. The summed E-state index contributed by atoms with van der Waals surface area (Å²) in [5, 5.41) is 0. The molecule has 28 heavy (non-hydrogen) atoms. The molecule has 0 fully saturated rings. The number of alkyl halides is 3. The van der Waals surface area contributed by atoms with Crippen LogP contribution in [0.1, 0.15) is 11.1 Å². The van der Waals surface area contributed by atoms with Crippen molar-refractivity contribution in [1.82, 2.24) is 5.43 Å². The van der Waals surface area contributed by atoms with Gasteiger partial charge in [-0.15, -0.1) is 13.2 Å². The van der Waals surface area contributed by atoms with Gasteiger partial charge >= 0.3 is 6.36 Å². The van der Waals surface area contributed by atoms with E-state index in [2.05, 4.69) is 15.6 Å². The van der Waals surface area contributed by atoms with Crippen molar-refractivity contribution in [3.8, 4) is 11.5 Å². The topological polar surface area (TPSA) is 42.5 Å². The molecular weight excluding hydrogens is 369 g/mol. The lowest BCUT2D eigenvalue weighted by atomic mass is 10.1. The summed E-state index contributed by atoms with van der Waals surface area (Å²) in [5.41, 5.74) is 9.30. The van der Waals surface area contributed by atoms with Gasteiger partial charge in [-0.05, 0) is 47.5 Å². The van der Waals surface area contributed by atoms with E-state index < -0.39 is 6.36 Å². The Balaban J connectivity index is 1.44. The number of rotatable bonds is 8. The summed E-state index contributed by atoms with van der Waals surface area (Å²) < 4.78 is 45.9. The third-order valence-corrected chi connectivity index (χ3v) is 3.78. The summed E-state index contributed by atoms with van der Waals surface area (Å²) in [6, 6.07) is 23.0. The molecule has 0 unspecified atom stereocenters. The lowest BCUT2D eigenvalue weighted by Gasteiger charge is -2.11. The largest absolute Gasteiger partial charge is 0.573 e. The SMILES string of the molecule is FC(F)(F)Oc1ccc(OCc2ccc(CNNc3ccccc3)cc2)cc1. The Morgan fingerprint density at radius 1 is 0.714 bits per heavy atom. The number of ether oxygens (including phenoxy) is 2. The maximum absolute atomic E-state index is 12.1. The smallest absolute Gasteiger partial charge is 0.489 e. The first-order valence-corrected chi connectivity index (χ1v) is 8.58. The zero-order chi connectivity index (χ0) is 19.8. The van der Waals surface area contributed by atoms with Crippen LogP contribution in [0.15, 0.2) is 78.9 Å². The molecule has 0 heterocycles. The lowest BCUT2D eigenvalue weighted by Crippen LogP contribution is -2.20. The minimum atomic E-state index is -4.70.